The average Bonchev–Trinajstić information content (AvgIpc) is 3.27. The van der Waals surface area contributed by atoms with E-state index in [1.54, 1.807) is 0 Å². The number of aliphatic imine (C=N–C) groups is 1. The number of fused-ring (bicyclic) bond motifs is 2. The van der Waals surface area contributed by atoms with Crippen molar-refractivity contribution >= 4 is 5.96 Å². The number of hydrogen-bond acceptors (Lipinski definition) is 3. The monoisotopic (exact) mass is 344 g/mol. The van der Waals surface area contributed by atoms with E-state index in [4.69, 9.17) is 4.74 Å². The number of hydrogen-bond donors (Lipinski definition) is 2. The molecule has 0 saturated carbocycles. The second kappa shape index (κ2) is 8.68. The summed E-state index contributed by atoms with van der Waals surface area (Å²) in [5, 5.41) is 6.95. The molecule has 3 unspecified atom stereocenters. The average molecular weight is 345 g/mol. The largest absolute Gasteiger partial charge is 0.373 e. The van der Waals surface area contributed by atoms with Crippen LogP contribution >= 0.6 is 0 Å². The number of benzene rings is 1. The van der Waals surface area contributed by atoms with E-state index < -0.39 is 0 Å². The first-order valence-corrected chi connectivity index (χ1v) is 9.64. The second-order valence-electron chi connectivity index (χ2n) is 7.06. The van der Waals surface area contributed by atoms with E-state index >= 15 is 0 Å². The van der Waals surface area contributed by atoms with Crippen LogP contribution in [-0.2, 0) is 17.8 Å². The molecule has 2 bridgehead atoms. The van der Waals surface area contributed by atoms with Crippen molar-refractivity contribution in [1.82, 2.24) is 15.5 Å². The van der Waals surface area contributed by atoms with Gasteiger partial charge in [-0.25, -0.2) is 0 Å². The fourth-order valence-corrected chi connectivity index (χ4v) is 3.81. The molecular formula is C20H32N4O. The van der Waals surface area contributed by atoms with Crippen LogP contribution in [0.1, 0.15) is 44.2 Å². The predicted molar refractivity (Wildman–Crippen MR) is 103 cm³/mol. The van der Waals surface area contributed by atoms with Crippen LogP contribution in [0.15, 0.2) is 29.3 Å². The van der Waals surface area contributed by atoms with Crippen LogP contribution in [0.5, 0.6) is 0 Å². The van der Waals surface area contributed by atoms with Crippen LogP contribution in [0, 0.1) is 0 Å². The van der Waals surface area contributed by atoms with Gasteiger partial charge in [-0.05, 0) is 43.5 Å². The first-order chi connectivity index (χ1) is 12.2. The van der Waals surface area contributed by atoms with E-state index in [0.29, 0.717) is 18.2 Å². The summed E-state index contributed by atoms with van der Waals surface area (Å²) in [6.07, 6.45) is 4.31. The van der Waals surface area contributed by atoms with Crippen molar-refractivity contribution in [2.24, 2.45) is 4.99 Å². The van der Waals surface area contributed by atoms with E-state index in [0.717, 1.165) is 38.6 Å². The number of ether oxygens (including phenoxy) is 1. The zero-order valence-corrected chi connectivity index (χ0v) is 15.8. The minimum atomic E-state index is 0.364. The lowest BCUT2D eigenvalue weighted by Crippen LogP contribution is -2.47. The summed E-state index contributed by atoms with van der Waals surface area (Å²) in [4.78, 5) is 6.79. The highest BCUT2D eigenvalue weighted by atomic mass is 16.5. The third-order valence-electron chi connectivity index (χ3n) is 5.44. The Balaban J connectivity index is 1.47. The Hall–Kier alpha value is -1.59. The van der Waals surface area contributed by atoms with Crippen LogP contribution < -0.4 is 10.6 Å². The smallest absolute Gasteiger partial charge is 0.191 e. The van der Waals surface area contributed by atoms with Crippen molar-refractivity contribution in [3.05, 3.63) is 35.4 Å². The Labute approximate surface area is 151 Å². The first-order valence-electron chi connectivity index (χ1n) is 9.64. The maximum absolute atomic E-state index is 5.91. The van der Waals surface area contributed by atoms with E-state index in [1.165, 1.54) is 24.0 Å². The second-order valence-corrected chi connectivity index (χ2v) is 7.06. The third kappa shape index (κ3) is 4.73. The Bertz CT molecular complexity index is 568. The van der Waals surface area contributed by atoms with Crippen LogP contribution in [0.3, 0.4) is 0 Å². The summed E-state index contributed by atoms with van der Waals surface area (Å²) in [6, 6.07) is 9.28. The minimum Gasteiger partial charge on any atom is -0.373 e. The number of nitrogens with zero attached hydrogens (tertiary/aromatic N) is 2. The molecule has 3 atom stereocenters. The molecule has 5 nitrogen and oxygen atoms in total. The molecule has 25 heavy (non-hydrogen) atoms. The molecule has 2 saturated heterocycles. The van der Waals surface area contributed by atoms with Gasteiger partial charge in [0.15, 0.2) is 5.96 Å². The van der Waals surface area contributed by atoms with Gasteiger partial charge < -0.3 is 15.4 Å². The van der Waals surface area contributed by atoms with Gasteiger partial charge in [0, 0.05) is 20.1 Å². The van der Waals surface area contributed by atoms with Crippen molar-refractivity contribution in [3.63, 3.8) is 0 Å². The number of nitrogens with one attached hydrogen (secondary N) is 2. The highest BCUT2D eigenvalue weighted by Crippen LogP contribution is 2.34. The number of rotatable bonds is 7. The van der Waals surface area contributed by atoms with Crippen molar-refractivity contribution in [2.45, 2.75) is 64.4 Å². The molecule has 2 aliphatic rings. The fraction of sp³-hybridized carbons (Fsp3) is 0.650. The molecule has 2 fully saturated rings. The Kier molecular flexibility index (Phi) is 6.32. The van der Waals surface area contributed by atoms with Crippen LogP contribution in [0.4, 0.5) is 0 Å². The van der Waals surface area contributed by atoms with Crippen LogP contribution in [-0.4, -0.2) is 49.2 Å². The van der Waals surface area contributed by atoms with E-state index in [-0.39, 0.29) is 0 Å². The molecule has 2 heterocycles. The highest BCUT2D eigenvalue weighted by Gasteiger charge is 2.41. The topological polar surface area (TPSA) is 48.9 Å². The summed E-state index contributed by atoms with van der Waals surface area (Å²) < 4.78 is 5.91. The molecule has 5 heteroatoms. The molecule has 0 spiro atoms. The van der Waals surface area contributed by atoms with E-state index in [2.05, 4.69) is 58.6 Å². The molecule has 2 N–H and O–H groups in total. The van der Waals surface area contributed by atoms with Gasteiger partial charge in [-0.1, -0.05) is 38.1 Å². The molecule has 0 amide bonds. The highest BCUT2D eigenvalue weighted by molar-refractivity contribution is 5.80. The lowest BCUT2D eigenvalue weighted by molar-refractivity contribution is 0.0992. The molecule has 2 aliphatic heterocycles. The number of guanidine groups is 1. The Morgan fingerprint density at radius 1 is 1.16 bits per heavy atom. The van der Waals surface area contributed by atoms with Gasteiger partial charge >= 0.3 is 0 Å². The molecule has 0 aliphatic carbocycles. The maximum Gasteiger partial charge on any atom is 0.191 e. The SMILES string of the molecule is CCN(CC)Cc1ccc(CNC(=NC)NC2CC3CCC2O3)cc1. The summed E-state index contributed by atoms with van der Waals surface area (Å²) >= 11 is 0. The van der Waals surface area contributed by atoms with Gasteiger partial charge in [-0.2, -0.15) is 0 Å². The maximum atomic E-state index is 5.91. The zero-order chi connectivity index (χ0) is 17.6. The summed E-state index contributed by atoms with van der Waals surface area (Å²) in [5.74, 6) is 0.869. The fourth-order valence-electron chi connectivity index (χ4n) is 3.81. The first kappa shape index (κ1) is 18.2. The standard InChI is InChI=1S/C20H32N4O/c1-4-24(5-2)14-16-8-6-15(7-9-16)13-22-20(21-3)23-18-12-17-10-11-19(18)25-17/h6-9,17-19H,4-5,10-14H2,1-3H3,(H2,21,22,23). The zero-order valence-electron chi connectivity index (χ0n) is 15.8. The molecule has 1 aromatic carbocycles. The third-order valence-corrected chi connectivity index (χ3v) is 5.44. The Morgan fingerprint density at radius 2 is 1.88 bits per heavy atom. The van der Waals surface area contributed by atoms with E-state index in [9.17, 15) is 0 Å². The summed E-state index contributed by atoms with van der Waals surface area (Å²) in [5.41, 5.74) is 2.64. The van der Waals surface area contributed by atoms with Crippen molar-refractivity contribution in [3.8, 4) is 0 Å². The van der Waals surface area contributed by atoms with Crippen LogP contribution in [0.25, 0.3) is 0 Å². The van der Waals surface area contributed by atoms with E-state index in [1.807, 2.05) is 7.05 Å². The van der Waals surface area contributed by atoms with Gasteiger partial charge in [0.05, 0.1) is 18.2 Å². The quantitative estimate of drug-likeness (QED) is 0.589. The lowest BCUT2D eigenvalue weighted by Gasteiger charge is -2.22. The van der Waals surface area contributed by atoms with Gasteiger partial charge in [0.25, 0.3) is 0 Å². The molecule has 1 aromatic rings. The molecule has 3 rings (SSSR count). The van der Waals surface area contributed by atoms with Gasteiger partial charge in [-0.3, -0.25) is 9.89 Å². The molecule has 0 aromatic heterocycles. The van der Waals surface area contributed by atoms with Gasteiger partial charge in [0.1, 0.15) is 0 Å². The summed E-state index contributed by atoms with van der Waals surface area (Å²) in [7, 11) is 1.83. The normalized spacial score (nSPS) is 25.6. The lowest BCUT2D eigenvalue weighted by atomic mass is 9.96. The molecule has 0 radical (unpaired) electrons. The summed E-state index contributed by atoms with van der Waals surface area (Å²) in [6.45, 7) is 8.41. The molecular weight excluding hydrogens is 312 g/mol. The minimum absolute atomic E-state index is 0.364. The van der Waals surface area contributed by atoms with Crippen molar-refractivity contribution in [2.75, 3.05) is 20.1 Å². The Morgan fingerprint density at radius 3 is 2.44 bits per heavy atom. The van der Waals surface area contributed by atoms with Crippen LogP contribution in [0.2, 0.25) is 0 Å². The van der Waals surface area contributed by atoms with Gasteiger partial charge in [0.2, 0.25) is 0 Å². The van der Waals surface area contributed by atoms with Gasteiger partial charge in [-0.15, -0.1) is 0 Å². The van der Waals surface area contributed by atoms with Crippen molar-refractivity contribution in [1.29, 1.82) is 0 Å². The van der Waals surface area contributed by atoms with Crippen molar-refractivity contribution < 1.29 is 4.74 Å². The molecule has 138 valence electrons. The predicted octanol–water partition coefficient (Wildman–Crippen LogP) is 2.51.